The van der Waals surface area contributed by atoms with Crippen LogP contribution in [0.1, 0.15) is 47.4 Å². The predicted molar refractivity (Wildman–Crippen MR) is 86.8 cm³/mol. The van der Waals surface area contributed by atoms with E-state index in [1.165, 1.54) is 0 Å². The van der Waals surface area contributed by atoms with Crippen molar-refractivity contribution in [2.24, 2.45) is 5.73 Å². The number of likely N-dealkylation sites (tertiary alicyclic amines) is 1. The number of rotatable bonds is 4. The van der Waals surface area contributed by atoms with Gasteiger partial charge in [0.1, 0.15) is 0 Å². The Hall–Kier alpha value is -1.88. The van der Waals surface area contributed by atoms with Crippen LogP contribution in [0.3, 0.4) is 0 Å². The van der Waals surface area contributed by atoms with Gasteiger partial charge in [0.2, 0.25) is 0 Å². The van der Waals surface area contributed by atoms with E-state index in [1.807, 2.05) is 13.8 Å². The second-order valence-corrected chi connectivity index (χ2v) is 5.71. The van der Waals surface area contributed by atoms with Gasteiger partial charge in [-0.2, -0.15) is 0 Å². The molecule has 1 heterocycles. The predicted octanol–water partition coefficient (Wildman–Crippen LogP) is 1.73. The van der Waals surface area contributed by atoms with Crippen molar-refractivity contribution in [1.29, 1.82) is 0 Å². The van der Waals surface area contributed by atoms with Gasteiger partial charge in [0.25, 0.3) is 11.8 Å². The Morgan fingerprint density at radius 1 is 1.18 bits per heavy atom. The van der Waals surface area contributed by atoms with Gasteiger partial charge in [-0.1, -0.05) is 0 Å². The molecular weight excluding hydrogens is 278 g/mol. The summed E-state index contributed by atoms with van der Waals surface area (Å²) in [4.78, 5) is 28.3. The van der Waals surface area contributed by atoms with E-state index in [9.17, 15) is 9.59 Å². The monoisotopic (exact) mass is 303 g/mol. The summed E-state index contributed by atoms with van der Waals surface area (Å²) in [5.41, 5.74) is 7.16. The Bertz CT molecular complexity index is 523. The lowest BCUT2D eigenvalue weighted by Gasteiger charge is -2.30. The summed E-state index contributed by atoms with van der Waals surface area (Å²) in [6.45, 7) is 6.65. The molecule has 1 fully saturated rings. The highest BCUT2D eigenvalue weighted by atomic mass is 16.2. The molecule has 2 rings (SSSR count). The molecule has 0 spiro atoms. The highest BCUT2D eigenvalue weighted by Crippen LogP contribution is 2.14. The van der Waals surface area contributed by atoms with Crippen LogP contribution in [0.4, 0.5) is 0 Å². The third kappa shape index (κ3) is 3.65. The number of benzene rings is 1. The standard InChI is InChI=1S/C17H25N3O2/c1-3-19(4-2)16(21)13-7-9-14(10-8-13)17(22)20-11-5-6-15(18)12-20/h7-10,15H,3-6,11-12,18H2,1-2H3. The molecule has 5 nitrogen and oxygen atoms in total. The van der Waals surface area contributed by atoms with E-state index in [4.69, 9.17) is 5.73 Å². The molecule has 22 heavy (non-hydrogen) atoms. The molecule has 1 aliphatic rings. The molecular formula is C17H25N3O2. The molecule has 0 aromatic heterocycles. The van der Waals surface area contributed by atoms with Crippen LogP contribution in [-0.4, -0.2) is 53.8 Å². The number of hydrogen-bond donors (Lipinski definition) is 1. The Morgan fingerprint density at radius 2 is 1.77 bits per heavy atom. The second kappa shape index (κ2) is 7.40. The zero-order valence-electron chi connectivity index (χ0n) is 13.4. The van der Waals surface area contributed by atoms with E-state index in [-0.39, 0.29) is 17.9 Å². The molecule has 1 aromatic rings. The van der Waals surface area contributed by atoms with Crippen molar-refractivity contribution in [2.75, 3.05) is 26.2 Å². The van der Waals surface area contributed by atoms with Crippen molar-refractivity contribution < 1.29 is 9.59 Å². The van der Waals surface area contributed by atoms with Gasteiger partial charge in [0.05, 0.1) is 0 Å². The van der Waals surface area contributed by atoms with E-state index in [0.29, 0.717) is 30.8 Å². The van der Waals surface area contributed by atoms with Crippen molar-refractivity contribution in [3.63, 3.8) is 0 Å². The van der Waals surface area contributed by atoms with Gasteiger partial charge in [-0.25, -0.2) is 0 Å². The van der Waals surface area contributed by atoms with Crippen LogP contribution in [0.2, 0.25) is 0 Å². The molecule has 1 unspecified atom stereocenters. The first kappa shape index (κ1) is 16.5. The van der Waals surface area contributed by atoms with Crippen LogP contribution >= 0.6 is 0 Å². The summed E-state index contributed by atoms with van der Waals surface area (Å²) >= 11 is 0. The first-order valence-corrected chi connectivity index (χ1v) is 8.01. The Balaban J connectivity index is 2.08. The lowest BCUT2D eigenvalue weighted by Crippen LogP contribution is -2.45. The summed E-state index contributed by atoms with van der Waals surface area (Å²) < 4.78 is 0. The molecule has 0 radical (unpaired) electrons. The number of carbonyl (C=O) groups excluding carboxylic acids is 2. The van der Waals surface area contributed by atoms with E-state index in [2.05, 4.69) is 0 Å². The Kier molecular flexibility index (Phi) is 5.55. The maximum absolute atomic E-state index is 12.4. The van der Waals surface area contributed by atoms with Gasteiger partial charge in [0, 0.05) is 43.3 Å². The van der Waals surface area contributed by atoms with Crippen LogP contribution < -0.4 is 5.73 Å². The average molecular weight is 303 g/mol. The Labute approximate surface area is 132 Å². The fourth-order valence-electron chi connectivity index (χ4n) is 2.83. The fraction of sp³-hybridized carbons (Fsp3) is 0.529. The summed E-state index contributed by atoms with van der Waals surface area (Å²) in [7, 11) is 0. The molecule has 2 N–H and O–H groups in total. The molecule has 1 aliphatic heterocycles. The zero-order valence-corrected chi connectivity index (χ0v) is 13.4. The second-order valence-electron chi connectivity index (χ2n) is 5.71. The van der Waals surface area contributed by atoms with Crippen molar-refractivity contribution in [1.82, 2.24) is 9.80 Å². The molecule has 2 amide bonds. The molecule has 0 saturated carbocycles. The largest absolute Gasteiger partial charge is 0.339 e. The minimum atomic E-state index is -0.00279. The maximum Gasteiger partial charge on any atom is 0.253 e. The molecule has 0 aliphatic carbocycles. The highest BCUT2D eigenvalue weighted by molar-refractivity contribution is 5.97. The number of carbonyl (C=O) groups is 2. The van der Waals surface area contributed by atoms with Gasteiger partial charge in [-0.3, -0.25) is 9.59 Å². The lowest BCUT2D eigenvalue weighted by molar-refractivity contribution is 0.0707. The van der Waals surface area contributed by atoms with E-state index in [1.54, 1.807) is 34.1 Å². The summed E-state index contributed by atoms with van der Waals surface area (Å²) in [6.07, 6.45) is 1.92. The molecule has 1 saturated heterocycles. The van der Waals surface area contributed by atoms with Gasteiger partial charge >= 0.3 is 0 Å². The highest BCUT2D eigenvalue weighted by Gasteiger charge is 2.22. The van der Waals surface area contributed by atoms with Crippen LogP contribution in [0.15, 0.2) is 24.3 Å². The molecule has 120 valence electrons. The third-order valence-electron chi connectivity index (χ3n) is 4.17. The minimum absolute atomic E-state index is 0.00279. The van der Waals surface area contributed by atoms with Crippen molar-refractivity contribution in [3.05, 3.63) is 35.4 Å². The van der Waals surface area contributed by atoms with Crippen LogP contribution in [-0.2, 0) is 0 Å². The van der Waals surface area contributed by atoms with E-state index in [0.717, 1.165) is 19.4 Å². The first-order chi connectivity index (χ1) is 10.6. The maximum atomic E-state index is 12.4. The number of amides is 2. The van der Waals surface area contributed by atoms with Crippen molar-refractivity contribution in [2.45, 2.75) is 32.7 Å². The van der Waals surface area contributed by atoms with Gasteiger partial charge < -0.3 is 15.5 Å². The summed E-state index contributed by atoms with van der Waals surface area (Å²) in [5.74, 6) is 0.000909. The first-order valence-electron chi connectivity index (χ1n) is 8.01. The number of hydrogen-bond acceptors (Lipinski definition) is 3. The summed E-state index contributed by atoms with van der Waals surface area (Å²) in [5, 5.41) is 0. The molecule has 5 heteroatoms. The number of nitrogens with zero attached hydrogens (tertiary/aromatic N) is 2. The third-order valence-corrected chi connectivity index (χ3v) is 4.17. The molecule has 0 bridgehead atoms. The van der Waals surface area contributed by atoms with Gasteiger partial charge in [0.15, 0.2) is 0 Å². The average Bonchev–Trinajstić information content (AvgIpc) is 2.55. The lowest BCUT2D eigenvalue weighted by atomic mass is 10.0. The van der Waals surface area contributed by atoms with E-state index < -0.39 is 0 Å². The SMILES string of the molecule is CCN(CC)C(=O)c1ccc(C(=O)N2CCCC(N)C2)cc1. The Morgan fingerprint density at radius 3 is 2.32 bits per heavy atom. The summed E-state index contributed by atoms with van der Waals surface area (Å²) in [6, 6.07) is 7.01. The van der Waals surface area contributed by atoms with E-state index >= 15 is 0 Å². The van der Waals surface area contributed by atoms with Crippen molar-refractivity contribution >= 4 is 11.8 Å². The van der Waals surface area contributed by atoms with Gasteiger partial charge in [-0.05, 0) is 51.0 Å². The molecule has 1 atom stereocenters. The smallest absolute Gasteiger partial charge is 0.253 e. The molecule has 1 aromatic carbocycles. The normalized spacial score (nSPS) is 18.1. The number of nitrogens with two attached hydrogens (primary N) is 1. The minimum Gasteiger partial charge on any atom is -0.339 e. The fourth-order valence-corrected chi connectivity index (χ4v) is 2.83. The van der Waals surface area contributed by atoms with Crippen molar-refractivity contribution in [3.8, 4) is 0 Å². The number of piperidine rings is 1. The topological polar surface area (TPSA) is 66.6 Å². The zero-order chi connectivity index (χ0) is 16.1. The van der Waals surface area contributed by atoms with Crippen LogP contribution in [0, 0.1) is 0 Å². The van der Waals surface area contributed by atoms with Crippen LogP contribution in [0.25, 0.3) is 0 Å². The quantitative estimate of drug-likeness (QED) is 0.921. The van der Waals surface area contributed by atoms with Crippen LogP contribution in [0.5, 0.6) is 0 Å². The van der Waals surface area contributed by atoms with Gasteiger partial charge in [-0.15, -0.1) is 0 Å².